The van der Waals surface area contributed by atoms with Crippen LogP contribution >= 0.6 is 0 Å². The van der Waals surface area contributed by atoms with Crippen molar-refractivity contribution < 1.29 is 18.7 Å². The van der Waals surface area contributed by atoms with Gasteiger partial charge in [0.2, 0.25) is 5.91 Å². The van der Waals surface area contributed by atoms with Gasteiger partial charge in [0.15, 0.2) is 5.78 Å². The summed E-state index contributed by atoms with van der Waals surface area (Å²) in [6.07, 6.45) is 3.71. The minimum Gasteiger partial charge on any atom is -0.378 e. The lowest BCUT2D eigenvalue weighted by molar-refractivity contribution is -0.115. The number of hydrogen-bond acceptors (Lipinski definition) is 5. The van der Waals surface area contributed by atoms with Crippen molar-refractivity contribution in [2.75, 3.05) is 31.6 Å². The highest BCUT2D eigenvalue weighted by atomic mass is 19.1. The molecule has 1 aromatic rings. The lowest BCUT2D eigenvalue weighted by atomic mass is 10.1. The van der Waals surface area contributed by atoms with Gasteiger partial charge in [-0.2, -0.15) is 0 Å². The number of rotatable bonds is 5. The molecule has 142 valence electrons. The molecule has 0 radical (unpaired) electrons. The summed E-state index contributed by atoms with van der Waals surface area (Å²) < 4.78 is 19.2. The van der Waals surface area contributed by atoms with Crippen LogP contribution in [0.15, 0.2) is 35.1 Å². The molecule has 0 bridgehead atoms. The lowest BCUT2D eigenvalue weighted by Crippen LogP contribution is -2.36. The monoisotopic (exact) mass is 371 g/mol. The third-order valence-corrected chi connectivity index (χ3v) is 4.94. The van der Waals surface area contributed by atoms with Gasteiger partial charge in [0, 0.05) is 37.0 Å². The SMILES string of the molecule is O=C1C=C(N2CCOCC2)N=C(CC(=O)Nc2ccc(F)c(C3CC3)c2)C1. The quantitative estimate of drug-likeness (QED) is 0.864. The fourth-order valence-electron chi connectivity index (χ4n) is 3.41. The molecular weight excluding hydrogens is 349 g/mol. The number of nitrogens with one attached hydrogen (secondary N) is 1. The minimum absolute atomic E-state index is 0.0452. The summed E-state index contributed by atoms with van der Waals surface area (Å²) in [6, 6.07) is 4.66. The molecular formula is C20H22FN3O3. The first-order valence-corrected chi connectivity index (χ1v) is 9.31. The van der Waals surface area contributed by atoms with E-state index in [4.69, 9.17) is 4.74 Å². The molecule has 1 aromatic carbocycles. The zero-order chi connectivity index (χ0) is 18.8. The highest BCUT2D eigenvalue weighted by Gasteiger charge is 2.27. The molecule has 2 heterocycles. The van der Waals surface area contributed by atoms with Crippen LogP contribution in [0.2, 0.25) is 0 Å². The van der Waals surface area contributed by atoms with Crippen LogP contribution in [0.5, 0.6) is 0 Å². The Morgan fingerprint density at radius 3 is 2.81 bits per heavy atom. The maximum Gasteiger partial charge on any atom is 0.230 e. The van der Waals surface area contributed by atoms with Gasteiger partial charge in [0.1, 0.15) is 11.6 Å². The molecule has 2 aliphatic heterocycles. The summed E-state index contributed by atoms with van der Waals surface area (Å²) in [5, 5.41) is 2.80. The molecule has 3 aliphatic rings. The van der Waals surface area contributed by atoms with Gasteiger partial charge in [0.25, 0.3) is 0 Å². The number of benzene rings is 1. The Balaban J connectivity index is 1.41. The zero-order valence-corrected chi connectivity index (χ0v) is 15.0. The van der Waals surface area contributed by atoms with Crippen molar-refractivity contribution in [2.45, 2.75) is 31.6 Å². The second-order valence-electron chi connectivity index (χ2n) is 7.16. The maximum absolute atomic E-state index is 13.8. The Morgan fingerprint density at radius 1 is 1.30 bits per heavy atom. The third kappa shape index (κ3) is 4.42. The molecule has 6 nitrogen and oxygen atoms in total. The van der Waals surface area contributed by atoms with Gasteiger partial charge < -0.3 is 15.0 Å². The van der Waals surface area contributed by atoms with Crippen LogP contribution in [0.25, 0.3) is 0 Å². The number of nitrogens with zero attached hydrogens (tertiary/aromatic N) is 2. The van der Waals surface area contributed by atoms with Crippen molar-refractivity contribution in [3.05, 3.63) is 41.5 Å². The molecule has 0 unspecified atom stereocenters. The van der Waals surface area contributed by atoms with E-state index >= 15 is 0 Å². The van der Waals surface area contributed by atoms with Gasteiger partial charge in [0.05, 0.1) is 19.6 Å². The van der Waals surface area contributed by atoms with Crippen molar-refractivity contribution in [2.24, 2.45) is 4.99 Å². The highest BCUT2D eigenvalue weighted by Crippen LogP contribution is 2.42. The molecule has 2 fully saturated rings. The number of amides is 1. The van der Waals surface area contributed by atoms with Gasteiger partial charge in [-0.1, -0.05) is 0 Å². The number of ether oxygens (including phenoxy) is 1. The average Bonchev–Trinajstić information content (AvgIpc) is 3.48. The van der Waals surface area contributed by atoms with E-state index in [-0.39, 0.29) is 36.3 Å². The van der Waals surface area contributed by atoms with Gasteiger partial charge in [-0.05, 0) is 42.5 Å². The Kier molecular flexibility index (Phi) is 5.03. The zero-order valence-electron chi connectivity index (χ0n) is 15.0. The molecule has 1 amide bonds. The van der Waals surface area contributed by atoms with Crippen LogP contribution in [0.4, 0.5) is 10.1 Å². The molecule has 1 saturated carbocycles. The first-order valence-electron chi connectivity index (χ1n) is 9.31. The number of halogens is 1. The Labute approximate surface area is 157 Å². The van der Waals surface area contributed by atoms with Gasteiger partial charge in [-0.15, -0.1) is 0 Å². The molecule has 1 N–H and O–H groups in total. The normalized spacial score (nSPS) is 20.2. The number of morpholine rings is 1. The Hall–Kier alpha value is -2.54. The number of ketones is 1. The number of allylic oxidation sites excluding steroid dienone is 1. The van der Waals surface area contributed by atoms with E-state index in [1.54, 1.807) is 12.1 Å². The maximum atomic E-state index is 13.8. The second kappa shape index (κ2) is 7.60. The van der Waals surface area contributed by atoms with Crippen LogP contribution in [-0.4, -0.2) is 48.6 Å². The molecule has 0 atom stereocenters. The van der Waals surface area contributed by atoms with E-state index in [1.165, 1.54) is 12.1 Å². The van der Waals surface area contributed by atoms with Crippen molar-refractivity contribution in [1.29, 1.82) is 0 Å². The van der Waals surface area contributed by atoms with E-state index in [0.717, 1.165) is 12.8 Å². The second-order valence-corrected chi connectivity index (χ2v) is 7.16. The standard InChI is InChI=1S/C20H22FN3O3/c21-18-4-3-14(10-17(18)13-1-2-13)23-20(26)11-15-9-16(25)12-19(22-15)24-5-7-27-8-6-24/h3-4,10,12-13H,1-2,5-9,11H2,(H,23,26). The fraction of sp³-hybridized carbons (Fsp3) is 0.450. The van der Waals surface area contributed by atoms with Gasteiger partial charge >= 0.3 is 0 Å². The van der Waals surface area contributed by atoms with E-state index in [0.29, 0.717) is 49.1 Å². The first-order chi connectivity index (χ1) is 13.1. The summed E-state index contributed by atoms with van der Waals surface area (Å²) >= 11 is 0. The third-order valence-electron chi connectivity index (χ3n) is 4.94. The van der Waals surface area contributed by atoms with Crippen LogP contribution in [-0.2, 0) is 14.3 Å². The van der Waals surface area contributed by atoms with Crippen LogP contribution < -0.4 is 5.32 Å². The average molecular weight is 371 g/mol. The van der Waals surface area contributed by atoms with E-state index in [9.17, 15) is 14.0 Å². The topological polar surface area (TPSA) is 71.0 Å². The minimum atomic E-state index is -0.252. The highest BCUT2D eigenvalue weighted by molar-refractivity contribution is 6.16. The van der Waals surface area contributed by atoms with Gasteiger partial charge in [-0.3, -0.25) is 9.59 Å². The summed E-state index contributed by atoms with van der Waals surface area (Å²) in [7, 11) is 0. The fourth-order valence-corrected chi connectivity index (χ4v) is 3.41. The molecule has 0 aromatic heterocycles. The predicted molar refractivity (Wildman–Crippen MR) is 99.2 cm³/mol. The summed E-state index contributed by atoms with van der Waals surface area (Å²) in [5.41, 5.74) is 1.79. The Morgan fingerprint density at radius 2 is 2.07 bits per heavy atom. The van der Waals surface area contributed by atoms with Crippen molar-refractivity contribution >= 4 is 23.1 Å². The number of anilines is 1. The summed E-state index contributed by atoms with van der Waals surface area (Å²) in [6.45, 7) is 2.57. The number of aliphatic imine (C=N–C) groups is 1. The van der Waals surface area contributed by atoms with E-state index in [2.05, 4.69) is 10.3 Å². The lowest BCUT2D eigenvalue weighted by Gasteiger charge is -2.30. The predicted octanol–water partition coefficient (Wildman–Crippen LogP) is 2.62. The van der Waals surface area contributed by atoms with Crippen LogP contribution in [0.3, 0.4) is 0 Å². The van der Waals surface area contributed by atoms with Crippen molar-refractivity contribution in [3.63, 3.8) is 0 Å². The molecule has 0 spiro atoms. The summed E-state index contributed by atoms with van der Waals surface area (Å²) in [5.74, 6) is 0.349. The first kappa shape index (κ1) is 17.9. The molecule has 1 saturated heterocycles. The number of hydrogen-bond donors (Lipinski definition) is 1. The van der Waals surface area contributed by atoms with Crippen molar-refractivity contribution in [3.8, 4) is 0 Å². The van der Waals surface area contributed by atoms with E-state index < -0.39 is 0 Å². The van der Waals surface area contributed by atoms with Crippen LogP contribution in [0, 0.1) is 5.82 Å². The number of carbonyl (C=O) groups excluding carboxylic acids is 2. The molecule has 27 heavy (non-hydrogen) atoms. The summed E-state index contributed by atoms with van der Waals surface area (Å²) in [4.78, 5) is 31.0. The molecule has 4 rings (SSSR count). The smallest absolute Gasteiger partial charge is 0.230 e. The van der Waals surface area contributed by atoms with Gasteiger partial charge in [-0.25, -0.2) is 9.38 Å². The number of carbonyl (C=O) groups is 2. The van der Waals surface area contributed by atoms with Crippen LogP contribution in [0.1, 0.15) is 37.2 Å². The van der Waals surface area contributed by atoms with Crippen molar-refractivity contribution in [1.82, 2.24) is 4.90 Å². The largest absolute Gasteiger partial charge is 0.378 e. The molecule has 1 aliphatic carbocycles. The molecule has 7 heteroatoms. The Bertz CT molecular complexity index is 824. The van der Waals surface area contributed by atoms with E-state index in [1.807, 2.05) is 4.90 Å².